The van der Waals surface area contributed by atoms with Crippen LogP contribution in [0.25, 0.3) is 0 Å². The van der Waals surface area contributed by atoms with Crippen LogP contribution in [0.15, 0.2) is 23.3 Å². The number of hydrazone groups is 1. The van der Waals surface area contributed by atoms with Crippen LogP contribution in [0.4, 0.5) is 23.7 Å². The standard InChI is InChI=1S/C13H13F3N2O3S/c1-3-9-7-17-18(12(19)22-9)8-4-5-10(11(6-8)20-2)21-13(14,15)16/h4-7,9H,3H2,1-2H3. The van der Waals surface area contributed by atoms with Gasteiger partial charge in [-0.3, -0.25) is 4.79 Å². The molecule has 1 aliphatic rings. The maximum Gasteiger partial charge on any atom is 0.573 e. The summed E-state index contributed by atoms with van der Waals surface area (Å²) in [7, 11) is 1.21. The summed E-state index contributed by atoms with van der Waals surface area (Å²) in [4.78, 5) is 12.0. The predicted octanol–water partition coefficient (Wildman–Crippen LogP) is 4.03. The van der Waals surface area contributed by atoms with E-state index < -0.39 is 12.1 Å². The summed E-state index contributed by atoms with van der Waals surface area (Å²) in [6, 6.07) is 3.66. The van der Waals surface area contributed by atoms with Crippen molar-refractivity contribution in [3.05, 3.63) is 18.2 Å². The Kier molecular flexibility index (Phi) is 4.84. The van der Waals surface area contributed by atoms with Crippen LogP contribution >= 0.6 is 11.8 Å². The van der Waals surface area contributed by atoms with Gasteiger partial charge < -0.3 is 9.47 Å². The molecular formula is C13H13F3N2O3S. The summed E-state index contributed by atoms with van der Waals surface area (Å²) in [5, 5.41) is 4.83. The number of hydrogen-bond donors (Lipinski definition) is 0. The van der Waals surface area contributed by atoms with Crippen LogP contribution in [0, 0.1) is 0 Å². The maximum atomic E-state index is 12.3. The van der Waals surface area contributed by atoms with Crippen molar-refractivity contribution in [2.45, 2.75) is 25.0 Å². The summed E-state index contributed by atoms with van der Waals surface area (Å²) in [6.07, 6.45) is -2.44. The van der Waals surface area contributed by atoms with E-state index in [1.807, 2.05) is 6.92 Å². The third kappa shape index (κ3) is 3.85. The maximum absolute atomic E-state index is 12.3. The third-order valence-corrected chi connectivity index (χ3v) is 3.93. The van der Waals surface area contributed by atoms with E-state index in [2.05, 4.69) is 9.84 Å². The van der Waals surface area contributed by atoms with Gasteiger partial charge in [0, 0.05) is 12.3 Å². The average Bonchev–Trinajstić information content (AvgIpc) is 2.46. The van der Waals surface area contributed by atoms with E-state index in [1.165, 1.54) is 19.2 Å². The average molecular weight is 334 g/mol. The zero-order valence-corrected chi connectivity index (χ0v) is 12.6. The largest absolute Gasteiger partial charge is 0.573 e. The highest BCUT2D eigenvalue weighted by Gasteiger charge is 2.33. The molecule has 0 spiro atoms. The number of halogens is 3. The Morgan fingerprint density at radius 3 is 2.64 bits per heavy atom. The quantitative estimate of drug-likeness (QED) is 0.834. The van der Waals surface area contributed by atoms with Crippen LogP contribution < -0.4 is 14.5 Å². The lowest BCUT2D eigenvalue weighted by molar-refractivity contribution is -0.275. The fourth-order valence-corrected chi connectivity index (χ4v) is 2.55. The normalized spacial score (nSPS) is 18.5. The number of hydrogen-bond acceptors (Lipinski definition) is 5. The molecule has 0 aromatic heterocycles. The first-order chi connectivity index (χ1) is 10.3. The molecule has 1 aromatic rings. The Morgan fingerprint density at radius 1 is 1.36 bits per heavy atom. The van der Waals surface area contributed by atoms with Crippen molar-refractivity contribution in [2.24, 2.45) is 5.10 Å². The predicted molar refractivity (Wildman–Crippen MR) is 77.7 cm³/mol. The molecular weight excluding hydrogens is 321 g/mol. The molecule has 1 heterocycles. The van der Waals surface area contributed by atoms with Gasteiger partial charge in [-0.15, -0.1) is 13.2 Å². The van der Waals surface area contributed by atoms with Crippen LogP contribution in [0.1, 0.15) is 13.3 Å². The van der Waals surface area contributed by atoms with Crippen LogP contribution in [0.5, 0.6) is 11.5 Å². The van der Waals surface area contributed by atoms with Gasteiger partial charge in [0.25, 0.3) is 0 Å². The molecule has 0 radical (unpaired) electrons. The minimum absolute atomic E-state index is 0.00141. The van der Waals surface area contributed by atoms with E-state index in [4.69, 9.17) is 4.74 Å². The number of amides is 1. The van der Waals surface area contributed by atoms with Crippen molar-refractivity contribution >= 4 is 28.9 Å². The van der Waals surface area contributed by atoms with Gasteiger partial charge in [-0.05, 0) is 18.6 Å². The highest BCUT2D eigenvalue weighted by molar-refractivity contribution is 8.15. The zero-order valence-electron chi connectivity index (χ0n) is 11.8. The zero-order chi connectivity index (χ0) is 16.3. The first-order valence-electron chi connectivity index (χ1n) is 6.32. The number of methoxy groups -OCH3 is 1. The minimum Gasteiger partial charge on any atom is -0.493 e. The summed E-state index contributed by atoms with van der Waals surface area (Å²) in [5.74, 6) is -0.619. The van der Waals surface area contributed by atoms with Crippen LogP contribution in [0.3, 0.4) is 0 Å². The molecule has 1 aromatic carbocycles. The molecule has 9 heteroatoms. The molecule has 0 saturated carbocycles. The van der Waals surface area contributed by atoms with E-state index in [0.29, 0.717) is 5.69 Å². The van der Waals surface area contributed by atoms with E-state index >= 15 is 0 Å². The molecule has 2 rings (SSSR count). The van der Waals surface area contributed by atoms with E-state index in [0.717, 1.165) is 29.3 Å². The Bertz CT molecular complexity index is 592. The number of benzene rings is 1. The van der Waals surface area contributed by atoms with Crippen LogP contribution in [-0.2, 0) is 0 Å². The number of rotatable bonds is 4. The molecule has 0 saturated heterocycles. The second-order valence-electron chi connectivity index (χ2n) is 4.29. The lowest BCUT2D eigenvalue weighted by Crippen LogP contribution is -2.29. The van der Waals surface area contributed by atoms with Crippen LogP contribution in [-0.4, -0.2) is 30.2 Å². The first-order valence-corrected chi connectivity index (χ1v) is 7.20. The molecule has 1 unspecified atom stereocenters. The van der Waals surface area contributed by atoms with E-state index in [-0.39, 0.29) is 16.2 Å². The van der Waals surface area contributed by atoms with Crippen molar-refractivity contribution in [1.29, 1.82) is 0 Å². The van der Waals surface area contributed by atoms with Gasteiger partial charge in [0.2, 0.25) is 0 Å². The first kappa shape index (κ1) is 16.5. The van der Waals surface area contributed by atoms with Gasteiger partial charge >= 0.3 is 11.6 Å². The van der Waals surface area contributed by atoms with Gasteiger partial charge in [-0.2, -0.15) is 10.1 Å². The Morgan fingerprint density at radius 2 is 2.09 bits per heavy atom. The lowest BCUT2D eigenvalue weighted by atomic mass is 10.2. The number of ether oxygens (including phenoxy) is 2. The molecule has 120 valence electrons. The fraction of sp³-hybridized carbons (Fsp3) is 0.385. The molecule has 1 amide bonds. The smallest absolute Gasteiger partial charge is 0.493 e. The Balaban J connectivity index is 2.28. The van der Waals surface area contributed by atoms with Crippen molar-refractivity contribution in [3.63, 3.8) is 0 Å². The van der Waals surface area contributed by atoms with Gasteiger partial charge in [0.1, 0.15) is 0 Å². The van der Waals surface area contributed by atoms with Gasteiger partial charge in [-0.1, -0.05) is 18.7 Å². The molecule has 0 fully saturated rings. The monoisotopic (exact) mass is 334 g/mol. The molecule has 0 bridgehead atoms. The Hall–Kier alpha value is -1.90. The summed E-state index contributed by atoms with van der Waals surface area (Å²) < 4.78 is 45.6. The number of alkyl halides is 3. The van der Waals surface area contributed by atoms with Crippen molar-refractivity contribution < 1.29 is 27.4 Å². The summed E-state index contributed by atoms with van der Waals surface area (Å²) in [6.45, 7) is 1.93. The third-order valence-electron chi connectivity index (χ3n) is 2.79. The Labute approximate surface area is 129 Å². The van der Waals surface area contributed by atoms with Crippen LogP contribution in [0.2, 0.25) is 0 Å². The molecule has 0 N–H and O–H groups in total. The molecule has 0 aliphatic carbocycles. The van der Waals surface area contributed by atoms with Crippen molar-refractivity contribution in [2.75, 3.05) is 12.1 Å². The second-order valence-corrected chi connectivity index (χ2v) is 5.48. The highest BCUT2D eigenvalue weighted by Crippen LogP contribution is 2.37. The van der Waals surface area contributed by atoms with Gasteiger partial charge in [-0.25, -0.2) is 0 Å². The number of anilines is 1. The van der Waals surface area contributed by atoms with Crippen molar-refractivity contribution in [1.82, 2.24) is 0 Å². The minimum atomic E-state index is -4.82. The number of carbonyl (C=O) groups excluding carboxylic acids is 1. The number of nitrogens with zero attached hydrogens (tertiary/aromatic N) is 2. The number of thioether (sulfide) groups is 1. The van der Waals surface area contributed by atoms with Crippen molar-refractivity contribution in [3.8, 4) is 11.5 Å². The second kappa shape index (κ2) is 6.47. The van der Waals surface area contributed by atoms with E-state index in [1.54, 1.807) is 6.21 Å². The SMILES string of the molecule is CCC1C=NN(c2ccc(OC(F)(F)F)c(OC)c2)C(=O)S1. The summed E-state index contributed by atoms with van der Waals surface area (Å²) in [5.41, 5.74) is 0.301. The highest BCUT2D eigenvalue weighted by atomic mass is 32.2. The van der Waals surface area contributed by atoms with E-state index in [9.17, 15) is 18.0 Å². The van der Waals surface area contributed by atoms with Gasteiger partial charge in [0.15, 0.2) is 11.5 Å². The van der Waals surface area contributed by atoms with Gasteiger partial charge in [0.05, 0.1) is 18.0 Å². The lowest BCUT2D eigenvalue weighted by Gasteiger charge is -2.24. The molecule has 1 atom stereocenters. The summed E-state index contributed by atoms with van der Waals surface area (Å²) >= 11 is 1.10. The topological polar surface area (TPSA) is 51.1 Å². The molecule has 1 aliphatic heterocycles. The number of carbonyl (C=O) groups is 1. The molecule has 22 heavy (non-hydrogen) atoms. The fourth-order valence-electron chi connectivity index (χ4n) is 1.76. The molecule has 5 nitrogen and oxygen atoms in total.